The largest absolute Gasteiger partial charge is 2.00 e. The monoisotopic (exact) mass is 833 g/mol. The van der Waals surface area contributed by atoms with Gasteiger partial charge in [0.25, 0.3) is 0 Å². The van der Waals surface area contributed by atoms with Crippen LogP contribution in [0, 0.1) is 50.4 Å². The molecule has 4 N–H and O–H groups in total. The van der Waals surface area contributed by atoms with Gasteiger partial charge >= 0.3 is 161 Å². The first kappa shape index (κ1) is 34.5. The van der Waals surface area contributed by atoms with Crippen LogP contribution in [-0.2, 0) is 4.79 Å². The van der Waals surface area contributed by atoms with Crippen LogP contribution in [0.5, 0.6) is 11.5 Å². The molecule has 0 saturated carbocycles. The third-order valence-corrected chi connectivity index (χ3v) is 7.99. The smallest absolute Gasteiger partial charge is 0.519 e. The molecule has 0 fully saturated rings. The summed E-state index contributed by atoms with van der Waals surface area (Å²) >= 11 is -1.27. The van der Waals surface area contributed by atoms with Gasteiger partial charge in [-0.25, -0.2) is 0 Å². The van der Waals surface area contributed by atoms with E-state index in [1.165, 1.54) is 6.07 Å². The van der Waals surface area contributed by atoms with Crippen molar-refractivity contribution in [2.45, 2.75) is 72.8 Å². The van der Waals surface area contributed by atoms with E-state index in [-0.39, 0.29) is 55.9 Å². The molecule has 2 aromatic rings. The zero-order chi connectivity index (χ0) is 26.8. The molecule has 0 heterocycles. The molecule has 2 aromatic carbocycles. The molecule has 0 aliphatic carbocycles. The first-order valence-electron chi connectivity index (χ1n) is 11.8. The minimum Gasteiger partial charge on any atom is -0.519 e. The first-order chi connectivity index (χ1) is 16.2. The van der Waals surface area contributed by atoms with Crippen LogP contribution in [0.25, 0.3) is 0 Å². The summed E-state index contributed by atoms with van der Waals surface area (Å²) in [7, 11) is 0. The van der Waals surface area contributed by atoms with Crippen molar-refractivity contribution in [1.29, 1.82) is 0 Å². The van der Waals surface area contributed by atoms with Crippen LogP contribution < -0.4 is 31.8 Å². The van der Waals surface area contributed by atoms with Crippen LogP contribution in [0.4, 0.5) is 16.2 Å². The fourth-order valence-electron chi connectivity index (χ4n) is 3.48. The number of hydrogen-bond donors (Lipinski definition) is 4. The maximum atomic E-state index is 12.1. The molecule has 2 rings (SSSR count). The summed E-state index contributed by atoms with van der Waals surface area (Å²) < 4.78 is -0.283. The van der Waals surface area contributed by atoms with Crippen molar-refractivity contribution in [2.75, 3.05) is 10.6 Å². The summed E-state index contributed by atoms with van der Waals surface area (Å²) in [6, 6.07) is 10.2. The van der Waals surface area contributed by atoms with Gasteiger partial charge in [0.1, 0.15) is 0 Å². The molecule has 0 saturated heterocycles. The molecule has 36 heavy (non-hydrogen) atoms. The second-order valence-electron chi connectivity index (χ2n) is 9.86. The van der Waals surface area contributed by atoms with Crippen molar-refractivity contribution < 1.29 is 72.1 Å². The minimum atomic E-state index is -1.27. The second kappa shape index (κ2) is 15.7. The number of anilines is 2. The molecule has 6 nitrogen and oxygen atoms in total. The summed E-state index contributed by atoms with van der Waals surface area (Å²) in [5, 5.41) is 25.3. The fourth-order valence-corrected chi connectivity index (χ4v) is 5.35. The topological polar surface area (TPSA) is 98.7 Å². The van der Waals surface area contributed by atoms with Gasteiger partial charge in [-0.2, -0.15) is 18.6 Å². The van der Waals surface area contributed by atoms with Gasteiger partial charge in [0.05, 0.1) is 11.4 Å². The van der Waals surface area contributed by atoms with E-state index >= 15 is 0 Å². The Bertz CT molecular complexity index is 1010. The van der Waals surface area contributed by atoms with E-state index in [1.807, 2.05) is 32.9 Å². The van der Waals surface area contributed by atoms with Gasteiger partial charge in [-0.3, -0.25) is 0 Å². The van der Waals surface area contributed by atoms with E-state index in [1.54, 1.807) is 18.2 Å². The average molecular weight is 834 g/mol. The fraction of sp³-hybridized carbons (Fsp3) is 0.429. The number of halogens is 1. The van der Waals surface area contributed by atoms with Crippen molar-refractivity contribution >= 4 is 19.1 Å². The maximum absolute atomic E-state index is 12.1. The Morgan fingerprint density at radius 1 is 0.861 bits per heavy atom. The Labute approximate surface area is 251 Å². The average Bonchev–Trinajstić information content (AvgIpc) is 2.72. The van der Waals surface area contributed by atoms with E-state index in [4.69, 9.17) is 0 Å². The molecular formula is C28H40IN2O4U-. The van der Waals surface area contributed by atoms with E-state index in [9.17, 15) is 19.8 Å². The molecule has 198 valence electrons. The van der Waals surface area contributed by atoms with Crippen molar-refractivity contribution in [1.82, 2.24) is 0 Å². The number of nitrogens with one attached hydrogen (secondary N) is 2. The van der Waals surface area contributed by atoms with Gasteiger partial charge in [0.15, 0.2) is 0 Å². The van der Waals surface area contributed by atoms with Crippen molar-refractivity contribution in [3.05, 3.63) is 61.4 Å². The third kappa shape index (κ3) is 12.2. The Morgan fingerprint density at radius 3 is 1.78 bits per heavy atom. The van der Waals surface area contributed by atoms with Crippen molar-refractivity contribution in [2.24, 2.45) is 5.41 Å². The van der Waals surface area contributed by atoms with Gasteiger partial charge in [-0.1, -0.05) is 19.4 Å². The molecule has 0 atom stereocenters. The van der Waals surface area contributed by atoms with E-state index in [2.05, 4.69) is 45.3 Å². The van der Waals surface area contributed by atoms with Crippen LogP contribution in [-0.4, -0.2) is 23.5 Å². The van der Waals surface area contributed by atoms with Crippen molar-refractivity contribution in [3.63, 3.8) is 0 Å². The molecule has 0 aliphatic rings. The number of carbonyl (C=O) groups is 2. The van der Waals surface area contributed by atoms with Crippen LogP contribution in [0.15, 0.2) is 36.4 Å². The van der Waals surface area contributed by atoms with Gasteiger partial charge < -0.3 is 10.4 Å². The van der Waals surface area contributed by atoms with Gasteiger partial charge in [0, 0.05) is 5.54 Å². The number of hydrogen-bond acceptors (Lipinski definition) is 5. The number of benzene rings is 2. The molecule has 0 bridgehead atoms. The third-order valence-electron chi connectivity index (χ3n) is 5.28. The Hall–Kier alpha value is -1.50. The van der Waals surface area contributed by atoms with Crippen molar-refractivity contribution in [3.8, 4) is 11.5 Å². The molecule has 0 aromatic heterocycles. The standard InChI is InChI=1S/C15H20INO3.C13H20NO.U/c1-5-8-15(3,4)13(19)16-14(20)17-11-7-6-10(2)9-12(11)18;1-5-8-13(3,4)14-11-7-6-10(2)9-12(11)15;/h6-7,9,18H,2,5,8H2,1,3-4H3,(H,17,20);6-7,9,14-15H,2,5,8H2,1,3-4H3;/q-2;-1;+2. The van der Waals surface area contributed by atoms with E-state index < -0.39 is 26.6 Å². The maximum Gasteiger partial charge on any atom is 2.00 e. The summed E-state index contributed by atoms with van der Waals surface area (Å²) in [5.41, 5.74) is 2.15. The number of phenols is 2. The Kier molecular flexibility index (Phi) is 15.0. The summed E-state index contributed by atoms with van der Waals surface area (Å²) in [6.07, 6.45) is 3.88. The molecule has 8 heteroatoms. The number of rotatable bonds is 10. The zero-order valence-electron chi connectivity index (χ0n) is 22.3. The van der Waals surface area contributed by atoms with Crippen LogP contribution >= 0.6 is 0 Å². The number of carbonyl (C=O) groups excluding carboxylic acids is 2. The quantitative estimate of drug-likeness (QED) is 0.0952. The second-order valence-corrected chi connectivity index (χ2v) is 12.4. The predicted molar refractivity (Wildman–Crippen MR) is 140 cm³/mol. The molecule has 0 radical (unpaired) electrons. The molecular weight excluding hydrogens is 793 g/mol. The van der Waals surface area contributed by atoms with Gasteiger partial charge in [-0.05, 0) is 20.3 Å². The van der Waals surface area contributed by atoms with E-state index in [0.29, 0.717) is 11.3 Å². The molecule has 1 amide bonds. The van der Waals surface area contributed by atoms with Gasteiger partial charge in [0.2, 0.25) is 0 Å². The summed E-state index contributed by atoms with van der Waals surface area (Å²) in [5.74, 6) is 0.238. The number of amides is 1. The number of phenolic OH excluding ortho intramolecular Hbond substituents is 2. The number of aromatic hydroxyl groups is 2. The van der Waals surface area contributed by atoms with Crippen LogP contribution in [0.1, 0.15) is 78.4 Å². The van der Waals surface area contributed by atoms with Crippen LogP contribution in [0.3, 0.4) is 0 Å². The summed E-state index contributed by atoms with van der Waals surface area (Å²) in [6.45, 7) is 19.6. The normalized spacial score (nSPS) is 11.1. The molecule has 0 aliphatic heterocycles. The van der Waals surface area contributed by atoms with Crippen LogP contribution in [0.2, 0.25) is 0 Å². The predicted octanol–water partition coefficient (Wildman–Crippen LogP) is 4.11. The SMILES string of the molecule is [CH2-]c1ccc(NC(=O)[I-]C(=O)C(C)(C)CCC)c(O)c1.[CH2-]c1ccc(NC(C)(C)CCC)c(O)c1.[U+2]. The van der Waals surface area contributed by atoms with E-state index in [0.717, 1.165) is 36.9 Å². The van der Waals surface area contributed by atoms with Gasteiger partial charge in [-0.15, -0.1) is 6.07 Å². The summed E-state index contributed by atoms with van der Waals surface area (Å²) in [4.78, 5) is 24.0. The molecule has 0 unspecified atom stereocenters. The Balaban J connectivity index is 0.000000687. The zero-order valence-corrected chi connectivity index (χ0v) is 28.6. The minimum absolute atomic E-state index is 0. The Morgan fingerprint density at radius 2 is 1.33 bits per heavy atom. The molecule has 0 spiro atoms. The first-order valence-corrected chi connectivity index (χ1v) is 13.9.